The van der Waals surface area contributed by atoms with Gasteiger partial charge < -0.3 is 15.0 Å². The maximum Gasteiger partial charge on any atom is 0.349 e. The number of aromatic nitrogens is 4. The third-order valence-electron chi connectivity index (χ3n) is 4.85. The van der Waals surface area contributed by atoms with Crippen LogP contribution in [0.15, 0.2) is 21.7 Å². The van der Waals surface area contributed by atoms with E-state index < -0.39 is 29.0 Å². The van der Waals surface area contributed by atoms with Crippen molar-refractivity contribution in [3.05, 3.63) is 44.1 Å². The van der Waals surface area contributed by atoms with Crippen molar-refractivity contribution in [2.45, 2.75) is 33.7 Å². The number of aromatic amines is 1. The summed E-state index contributed by atoms with van der Waals surface area (Å²) in [6, 6.07) is 3.63. The second-order valence-electron chi connectivity index (χ2n) is 7.04. The van der Waals surface area contributed by atoms with E-state index >= 15 is 0 Å². The number of H-pyrrole nitrogens is 1. The third-order valence-corrected chi connectivity index (χ3v) is 4.85. The van der Waals surface area contributed by atoms with Crippen LogP contribution in [0.25, 0.3) is 22.6 Å². The predicted octanol–water partition coefficient (Wildman–Crippen LogP) is 0.428. The molecule has 2 aliphatic rings. The average Bonchev–Trinajstić information content (AvgIpc) is 2.63. The number of aliphatic carboxylic acids is 1. The molecule has 1 unspecified atom stereocenters. The number of carboxylic acids is 1. The number of carboxylic acid groups (broad SMARTS) is 1. The maximum atomic E-state index is 12.5. The number of hydrogen-bond donors (Lipinski definition) is 3. The van der Waals surface area contributed by atoms with Crippen molar-refractivity contribution in [1.82, 2.24) is 24.8 Å². The van der Waals surface area contributed by atoms with Crippen molar-refractivity contribution in [2.75, 3.05) is 6.54 Å². The molecule has 0 spiro atoms. The molecule has 10 heteroatoms. The largest absolute Gasteiger partial charge is 0.481 e. The van der Waals surface area contributed by atoms with Gasteiger partial charge in [-0.2, -0.15) is 4.98 Å². The predicted molar refractivity (Wildman–Crippen MR) is 105 cm³/mol. The number of carbonyl (C=O) groups excluding carboxylic acids is 1. The summed E-state index contributed by atoms with van der Waals surface area (Å²) in [6.07, 6.45) is 0.282. The smallest absolute Gasteiger partial charge is 0.349 e. The monoisotopic (exact) mass is 399 g/mol. The highest BCUT2D eigenvalue weighted by Crippen LogP contribution is 2.23. The van der Waals surface area contributed by atoms with Crippen molar-refractivity contribution < 1.29 is 14.7 Å². The van der Waals surface area contributed by atoms with Crippen molar-refractivity contribution in [2.24, 2.45) is 5.92 Å². The number of amides is 1. The van der Waals surface area contributed by atoms with Crippen molar-refractivity contribution in [3.63, 3.8) is 0 Å². The minimum absolute atomic E-state index is 0.0172. The van der Waals surface area contributed by atoms with Crippen molar-refractivity contribution in [3.8, 4) is 11.5 Å². The Morgan fingerprint density at radius 1 is 1.21 bits per heavy atom. The highest BCUT2D eigenvalue weighted by Gasteiger charge is 2.21. The molecule has 0 radical (unpaired) electrons. The van der Waals surface area contributed by atoms with Crippen LogP contribution in [0.5, 0.6) is 0 Å². The van der Waals surface area contributed by atoms with E-state index in [0.29, 0.717) is 11.0 Å². The summed E-state index contributed by atoms with van der Waals surface area (Å²) in [6.45, 7) is 5.36. The number of hydrogen-bond acceptors (Lipinski definition) is 6. The van der Waals surface area contributed by atoms with Crippen LogP contribution in [0, 0.1) is 19.8 Å². The van der Waals surface area contributed by atoms with E-state index in [0.717, 1.165) is 11.1 Å². The van der Waals surface area contributed by atoms with Gasteiger partial charge in [-0.05, 0) is 43.5 Å². The number of benzene rings is 1. The Morgan fingerprint density at radius 3 is 2.59 bits per heavy atom. The minimum Gasteiger partial charge on any atom is -0.481 e. The Balaban J connectivity index is 2.03. The topological polar surface area (TPSA) is 147 Å². The Hall–Kier alpha value is -3.56. The van der Waals surface area contributed by atoms with Gasteiger partial charge in [0.2, 0.25) is 5.91 Å². The Bertz CT molecular complexity index is 1200. The summed E-state index contributed by atoms with van der Waals surface area (Å²) in [7, 11) is 0. The first-order chi connectivity index (χ1) is 13.7. The van der Waals surface area contributed by atoms with Gasteiger partial charge in [0.15, 0.2) is 11.5 Å². The van der Waals surface area contributed by atoms with Gasteiger partial charge in [-0.3, -0.25) is 19.4 Å². The lowest BCUT2D eigenvalue weighted by atomic mass is 10.1. The van der Waals surface area contributed by atoms with Crippen LogP contribution in [-0.2, 0) is 16.1 Å². The van der Waals surface area contributed by atoms with E-state index in [1.165, 1.54) is 4.57 Å². The van der Waals surface area contributed by atoms with Gasteiger partial charge in [-0.1, -0.05) is 6.92 Å². The lowest BCUT2D eigenvalue weighted by molar-refractivity contribution is -0.141. The first-order valence-electron chi connectivity index (χ1n) is 9.08. The quantitative estimate of drug-likeness (QED) is 0.509. The van der Waals surface area contributed by atoms with Crippen molar-refractivity contribution in [1.29, 1.82) is 0 Å². The fourth-order valence-electron chi connectivity index (χ4n) is 2.96. The minimum atomic E-state index is -0.933. The molecule has 0 saturated carbocycles. The second-order valence-corrected chi connectivity index (χ2v) is 7.04. The molecular weight excluding hydrogens is 378 g/mol. The molecule has 1 atom stereocenters. The highest BCUT2D eigenvalue weighted by atomic mass is 16.4. The van der Waals surface area contributed by atoms with Crippen LogP contribution in [0.1, 0.15) is 24.5 Å². The van der Waals surface area contributed by atoms with E-state index in [1.807, 2.05) is 19.9 Å². The van der Waals surface area contributed by atoms with Crippen LogP contribution in [0.2, 0.25) is 0 Å². The van der Waals surface area contributed by atoms with Gasteiger partial charge in [0.1, 0.15) is 6.54 Å². The molecule has 0 saturated heterocycles. The SMILES string of the molecule is Cc1cc2nc3c(=O)[nH]c(=O)nc-3n(CC(=O)NCCC(C)C(=O)O)c2cc1C. The summed E-state index contributed by atoms with van der Waals surface area (Å²) in [5, 5.41) is 11.6. The number of nitrogens with zero attached hydrogens (tertiary/aromatic N) is 3. The average molecular weight is 399 g/mol. The molecule has 0 fully saturated rings. The number of rotatable bonds is 6. The first kappa shape index (κ1) is 20.2. The lowest BCUT2D eigenvalue weighted by Gasteiger charge is -2.17. The molecule has 1 aromatic rings. The molecule has 3 N–H and O–H groups in total. The number of carbonyl (C=O) groups is 2. The van der Waals surface area contributed by atoms with E-state index in [9.17, 15) is 19.2 Å². The summed E-state index contributed by atoms with van der Waals surface area (Å²) < 4.78 is 1.48. The van der Waals surface area contributed by atoms with E-state index in [1.54, 1.807) is 13.0 Å². The zero-order valence-corrected chi connectivity index (χ0v) is 16.3. The maximum absolute atomic E-state index is 12.5. The molecule has 10 nitrogen and oxygen atoms in total. The fourth-order valence-corrected chi connectivity index (χ4v) is 2.96. The molecule has 29 heavy (non-hydrogen) atoms. The van der Waals surface area contributed by atoms with Crippen LogP contribution in [-0.4, -0.2) is 43.0 Å². The Morgan fingerprint density at radius 2 is 1.90 bits per heavy atom. The van der Waals surface area contributed by atoms with Gasteiger partial charge in [-0.15, -0.1) is 0 Å². The van der Waals surface area contributed by atoms with E-state index in [-0.39, 0.29) is 31.0 Å². The van der Waals surface area contributed by atoms with Crippen LogP contribution in [0.3, 0.4) is 0 Å². The molecule has 0 aromatic heterocycles. The Kier molecular flexibility index (Phi) is 5.44. The summed E-state index contributed by atoms with van der Waals surface area (Å²) >= 11 is 0. The summed E-state index contributed by atoms with van der Waals surface area (Å²) in [5.41, 5.74) is 1.45. The molecule has 152 valence electrons. The highest BCUT2D eigenvalue weighted by molar-refractivity contribution is 5.84. The van der Waals surface area contributed by atoms with E-state index in [2.05, 4.69) is 20.3 Å². The summed E-state index contributed by atoms with van der Waals surface area (Å²) in [5.74, 6) is -1.89. The fraction of sp³-hybridized carbons (Fsp3) is 0.368. The number of nitrogens with one attached hydrogen (secondary N) is 2. The third kappa shape index (κ3) is 4.15. The van der Waals surface area contributed by atoms with Crippen LogP contribution < -0.4 is 16.6 Å². The van der Waals surface area contributed by atoms with Crippen LogP contribution in [0.4, 0.5) is 0 Å². The molecule has 0 aliphatic carbocycles. The van der Waals surface area contributed by atoms with Crippen LogP contribution >= 0.6 is 0 Å². The first-order valence-corrected chi connectivity index (χ1v) is 9.08. The van der Waals surface area contributed by atoms with Gasteiger partial charge in [0, 0.05) is 6.54 Å². The molecule has 1 aromatic carbocycles. The molecule has 3 rings (SSSR count). The molecule has 1 amide bonds. The zero-order valence-electron chi connectivity index (χ0n) is 16.3. The number of aryl methyl sites for hydroxylation is 2. The normalized spacial score (nSPS) is 12.2. The van der Waals surface area contributed by atoms with Gasteiger partial charge in [0.05, 0.1) is 17.0 Å². The van der Waals surface area contributed by atoms with Gasteiger partial charge in [-0.25, -0.2) is 9.78 Å². The lowest BCUT2D eigenvalue weighted by Crippen LogP contribution is -2.33. The Labute approximate surface area is 165 Å². The van der Waals surface area contributed by atoms with Gasteiger partial charge in [0.25, 0.3) is 5.56 Å². The van der Waals surface area contributed by atoms with Gasteiger partial charge >= 0.3 is 11.7 Å². The summed E-state index contributed by atoms with van der Waals surface area (Å²) in [4.78, 5) is 57.6. The zero-order chi connectivity index (χ0) is 21.3. The molecule has 2 aliphatic heterocycles. The number of fused-ring (bicyclic) bond motifs is 2. The molecule has 0 bridgehead atoms. The second kappa shape index (κ2) is 7.82. The van der Waals surface area contributed by atoms with E-state index in [4.69, 9.17) is 5.11 Å². The standard InChI is InChI=1S/C19H21N5O5/c1-9(18(27)28)4-5-20-14(25)8-24-13-7-11(3)10(2)6-12(13)21-15-16(24)22-19(29)23-17(15)26/h6-7,9H,4-5,8H2,1-3H3,(H,20,25)(H,27,28)(H,23,26,29). The molecule has 2 heterocycles. The van der Waals surface area contributed by atoms with Crippen molar-refractivity contribution >= 4 is 22.9 Å². The molecular formula is C19H21N5O5.